The van der Waals surface area contributed by atoms with E-state index in [1.54, 1.807) is 24.3 Å². The fourth-order valence-corrected chi connectivity index (χ4v) is 3.76. The van der Waals surface area contributed by atoms with Crippen molar-refractivity contribution in [3.05, 3.63) is 29.8 Å². The van der Waals surface area contributed by atoms with Crippen LogP contribution in [0, 0.1) is 0 Å². The molecule has 3 rings (SSSR count). The Kier molecular flexibility index (Phi) is 6.50. The van der Waals surface area contributed by atoms with Crippen LogP contribution in [0.3, 0.4) is 0 Å². The van der Waals surface area contributed by atoms with Crippen LogP contribution in [0.2, 0.25) is 0 Å². The SMILES string of the molecule is CC(C)(CNC(=O)c1cccc(NC(=O)C2CCCO2)c1)N1CCCCC1. The van der Waals surface area contributed by atoms with Crippen LogP contribution in [-0.4, -0.2) is 54.6 Å². The van der Waals surface area contributed by atoms with Crippen molar-refractivity contribution < 1.29 is 14.3 Å². The van der Waals surface area contributed by atoms with Crippen LogP contribution in [-0.2, 0) is 9.53 Å². The molecule has 2 aliphatic rings. The normalized spacial score (nSPS) is 21.0. The number of carbonyl (C=O) groups is 2. The van der Waals surface area contributed by atoms with Crippen molar-refractivity contribution in [3.63, 3.8) is 0 Å². The first-order valence-electron chi connectivity index (χ1n) is 10.0. The highest BCUT2D eigenvalue weighted by Gasteiger charge is 2.28. The van der Waals surface area contributed by atoms with Crippen molar-refractivity contribution in [1.29, 1.82) is 0 Å². The maximum atomic E-state index is 12.6. The molecule has 0 spiro atoms. The predicted molar refractivity (Wildman–Crippen MR) is 106 cm³/mol. The van der Waals surface area contributed by atoms with Crippen LogP contribution >= 0.6 is 0 Å². The van der Waals surface area contributed by atoms with E-state index in [1.807, 2.05) is 0 Å². The second kappa shape index (κ2) is 8.85. The van der Waals surface area contributed by atoms with Gasteiger partial charge in [0, 0.05) is 29.9 Å². The van der Waals surface area contributed by atoms with Gasteiger partial charge in [0.25, 0.3) is 11.8 Å². The predicted octanol–water partition coefficient (Wildman–Crippen LogP) is 2.80. The van der Waals surface area contributed by atoms with Gasteiger partial charge in [-0.3, -0.25) is 14.5 Å². The highest BCUT2D eigenvalue weighted by Crippen LogP contribution is 2.20. The van der Waals surface area contributed by atoms with E-state index in [1.165, 1.54) is 19.3 Å². The van der Waals surface area contributed by atoms with Gasteiger partial charge < -0.3 is 15.4 Å². The molecular formula is C21H31N3O3. The van der Waals surface area contributed by atoms with Gasteiger partial charge in [-0.25, -0.2) is 0 Å². The van der Waals surface area contributed by atoms with E-state index in [4.69, 9.17) is 4.74 Å². The van der Waals surface area contributed by atoms with Crippen molar-refractivity contribution in [2.24, 2.45) is 0 Å². The Balaban J connectivity index is 1.55. The smallest absolute Gasteiger partial charge is 0.253 e. The van der Waals surface area contributed by atoms with Crippen molar-refractivity contribution in [1.82, 2.24) is 10.2 Å². The Morgan fingerprint density at radius 1 is 1.19 bits per heavy atom. The number of amides is 2. The monoisotopic (exact) mass is 373 g/mol. The summed E-state index contributed by atoms with van der Waals surface area (Å²) in [7, 11) is 0. The Morgan fingerprint density at radius 3 is 2.67 bits per heavy atom. The summed E-state index contributed by atoms with van der Waals surface area (Å²) in [5.41, 5.74) is 1.11. The van der Waals surface area contributed by atoms with Crippen LogP contribution in [0.4, 0.5) is 5.69 Å². The zero-order valence-electron chi connectivity index (χ0n) is 16.4. The zero-order chi connectivity index (χ0) is 19.3. The summed E-state index contributed by atoms with van der Waals surface area (Å²) in [5.74, 6) is -0.260. The molecule has 0 aliphatic carbocycles. The Labute approximate surface area is 161 Å². The van der Waals surface area contributed by atoms with Crippen molar-refractivity contribution in [3.8, 4) is 0 Å². The molecule has 0 bridgehead atoms. The topological polar surface area (TPSA) is 70.7 Å². The van der Waals surface area contributed by atoms with Gasteiger partial charge in [0.1, 0.15) is 6.10 Å². The lowest BCUT2D eigenvalue weighted by Gasteiger charge is -2.41. The van der Waals surface area contributed by atoms with E-state index in [0.717, 1.165) is 25.9 Å². The molecule has 0 aromatic heterocycles. The number of anilines is 1. The van der Waals surface area contributed by atoms with E-state index in [9.17, 15) is 9.59 Å². The van der Waals surface area contributed by atoms with Gasteiger partial charge in [0.05, 0.1) is 0 Å². The molecule has 1 aromatic rings. The van der Waals surface area contributed by atoms with Crippen molar-refractivity contribution >= 4 is 17.5 Å². The number of likely N-dealkylation sites (tertiary alicyclic amines) is 1. The Morgan fingerprint density at radius 2 is 1.96 bits per heavy atom. The van der Waals surface area contributed by atoms with E-state index >= 15 is 0 Å². The zero-order valence-corrected chi connectivity index (χ0v) is 16.4. The van der Waals surface area contributed by atoms with Gasteiger partial charge in [-0.05, 0) is 70.8 Å². The van der Waals surface area contributed by atoms with Crippen LogP contribution < -0.4 is 10.6 Å². The van der Waals surface area contributed by atoms with Crippen LogP contribution in [0.5, 0.6) is 0 Å². The molecule has 0 radical (unpaired) electrons. The molecule has 6 nitrogen and oxygen atoms in total. The highest BCUT2D eigenvalue weighted by atomic mass is 16.5. The molecule has 2 fully saturated rings. The summed E-state index contributed by atoms with van der Waals surface area (Å²) in [4.78, 5) is 27.2. The van der Waals surface area contributed by atoms with Crippen molar-refractivity contribution in [2.45, 2.75) is 57.6 Å². The van der Waals surface area contributed by atoms with E-state index in [0.29, 0.717) is 24.4 Å². The van der Waals surface area contributed by atoms with Crippen LogP contribution in [0.1, 0.15) is 56.3 Å². The third-order valence-corrected chi connectivity index (χ3v) is 5.51. The molecule has 2 amide bonds. The van der Waals surface area contributed by atoms with E-state index < -0.39 is 0 Å². The molecule has 27 heavy (non-hydrogen) atoms. The number of rotatable bonds is 6. The Hall–Kier alpha value is -1.92. The fraction of sp³-hybridized carbons (Fsp3) is 0.619. The third-order valence-electron chi connectivity index (χ3n) is 5.51. The van der Waals surface area contributed by atoms with E-state index in [2.05, 4.69) is 29.4 Å². The van der Waals surface area contributed by atoms with Gasteiger partial charge in [-0.2, -0.15) is 0 Å². The number of hydrogen-bond acceptors (Lipinski definition) is 4. The quantitative estimate of drug-likeness (QED) is 0.804. The second-order valence-corrected chi connectivity index (χ2v) is 8.11. The summed E-state index contributed by atoms with van der Waals surface area (Å²) in [6.45, 7) is 7.76. The molecule has 2 saturated heterocycles. The summed E-state index contributed by atoms with van der Waals surface area (Å²) >= 11 is 0. The van der Waals surface area contributed by atoms with Crippen LogP contribution in [0.25, 0.3) is 0 Å². The third kappa shape index (κ3) is 5.30. The molecule has 2 heterocycles. The summed E-state index contributed by atoms with van der Waals surface area (Å²) in [6.07, 6.45) is 5.02. The number of benzene rings is 1. The number of carbonyl (C=O) groups excluding carboxylic acids is 2. The first-order valence-corrected chi connectivity index (χ1v) is 10.0. The molecule has 2 aliphatic heterocycles. The number of ether oxygens (including phenoxy) is 1. The van der Waals surface area contributed by atoms with Gasteiger partial charge >= 0.3 is 0 Å². The lowest BCUT2D eigenvalue weighted by molar-refractivity contribution is -0.124. The molecule has 1 atom stereocenters. The average molecular weight is 373 g/mol. The number of hydrogen-bond donors (Lipinski definition) is 2. The number of nitrogens with one attached hydrogen (secondary N) is 2. The maximum Gasteiger partial charge on any atom is 0.253 e. The minimum atomic E-state index is -0.382. The summed E-state index contributed by atoms with van der Waals surface area (Å²) in [5, 5.41) is 5.91. The average Bonchev–Trinajstić information content (AvgIpc) is 3.22. The summed E-state index contributed by atoms with van der Waals surface area (Å²) < 4.78 is 5.40. The number of nitrogens with zero attached hydrogens (tertiary/aromatic N) is 1. The minimum Gasteiger partial charge on any atom is -0.368 e. The maximum absolute atomic E-state index is 12.6. The molecule has 1 aromatic carbocycles. The lowest BCUT2D eigenvalue weighted by Crippen LogP contribution is -2.53. The number of piperidine rings is 1. The standard InChI is InChI=1S/C21H31N3O3/c1-21(2,24-11-4-3-5-12-24)15-22-19(25)16-8-6-9-17(14-16)23-20(26)18-10-7-13-27-18/h6,8-9,14,18H,3-5,7,10-13,15H2,1-2H3,(H,22,25)(H,23,26). The molecule has 6 heteroatoms. The largest absolute Gasteiger partial charge is 0.368 e. The molecule has 2 N–H and O–H groups in total. The molecular weight excluding hydrogens is 342 g/mol. The minimum absolute atomic E-state index is 0.0677. The second-order valence-electron chi connectivity index (χ2n) is 8.11. The van der Waals surface area contributed by atoms with Gasteiger partial charge in [-0.15, -0.1) is 0 Å². The molecule has 1 unspecified atom stereocenters. The Bertz CT molecular complexity index is 662. The lowest BCUT2D eigenvalue weighted by atomic mass is 9.98. The van der Waals surface area contributed by atoms with Crippen molar-refractivity contribution in [2.75, 3.05) is 31.6 Å². The van der Waals surface area contributed by atoms with Gasteiger partial charge in [-0.1, -0.05) is 12.5 Å². The highest BCUT2D eigenvalue weighted by molar-refractivity contribution is 5.98. The van der Waals surface area contributed by atoms with Crippen LogP contribution in [0.15, 0.2) is 24.3 Å². The first-order chi connectivity index (χ1) is 13.0. The van der Waals surface area contributed by atoms with E-state index in [-0.39, 0.29) is 23.5 Å². The molecule has 0 saturated carbocycles. The fourth-order valence-electron chi connectivity index (χ4n) is 3.76. The van der Waals surface area contributed by atoms with Gasteiger partial charge in [0.2, 0.25) is 0 Å². The van der Waals surface area contributed by atoms with Gasteiger partial charge in [0.15, 0.2) is 0 Å². The molecule has 148 valence electrons. The summed E-state index contributed by atoms with van der Waals surface area (Å²) in [6, 6.07) is 7.07. The first kappa shape index (κ1) is 19.8.